The van der Waals surface area contributed by atoms with Crippen molar-refractivity contribution in [1.29, 1.82) is 0 Å². The standard InChI is InChI=1S/C12H21N3O6S2.H2O/c1-4-15(8-7-13-22(3,16)17)11-5-6-12(10(2)9-11)14-21-23(18,19)20;/h5-6,9,13-14H,4,7-8H2,1-3H3,(H,18,19,20);1H2. The van der Waals surface area contributed by atoms with Gasteiger partial charge >= 0.3 is 10.4 Å². The third-order valence-electron chi connectivity index (χ3n) is 2.96. The minimum absolute atomic E-state index is 0. The number of hydrogen-bond acceptors (Lipinski definition) is 7. The smallest absolute Gasteiger partial charge is 0.412 e. The summed E-state index contributed by atoms with van der Waals surface area (Å²) in [5, 5.41) is 0. The molecule has 5 N–H and O–H groups in total. The zero-order chi connectivity index (χ0) is 17.7. The molecule has 0 aromatic heterocycles. The first-order valence-electron chi connectivity index (χ1n) is 6.74. The van der Waals surface area contributed by atoms with E-state index in [1.807, 2.05) is 11.8 Å². The highest BCUT2D eigenvalue weighted by Crippen LogP contribution is 2.22. The molecule has 0 saturated heterocycles. The Morgan fingerprint density at radius 2 is 1.88 bits per heavy atom. The summed E-state index contributed by atoms with van der Waals surface area (Å²) in [6, 6.07) is 5.12. The molecule has 24 heavy (non-hydrogen) atoms. The number of anilines is 2. The largest absolute Gasteiger partial charge is 0.418 e. The van der Waals surface area contributed by atoms with Gasteiger partial charge in [0.2, 0.25) is 10.0 Å². The monoisotopic (exact) mass is 385 g/mol. The van der Waals surface area contributed by atoms with Gasteiger partial charge in [0, 0.05) is 25.3 Å². The first kappa shape index (κ1) is 22.6. The van der Waals surface area contributed by atoms with Crippen LogP contribution in [0.5, 0.6) is 0 Å². The lowest BCUT2D eigenvalue weighted by molar-refractivity contribution is 0.320. The average molecular weight is 385 g/mol. The molecule has 0 spiro atoms. The van der Waals surface area contributed by atoms with Gasteiger partial charge in [-0.05, 0) is 37.6 Å². The summed E-state index contributed by atoms with van der Waals surface area (Å²) < 4.78 is 58.3. The fourth-order valence-corrected chi connectivity index (χ4v) is 2.55. The molecule has 140 valence electrons. The molecule has 0 heterocycles. The van der Waals surface area contributed by atoms with Crippen LogP contribution in [0, 0.1) is 6.92 Å². The highest BCUT2D eigenvalue weighted by Gasteiger charge is 2.10. The number of sulfonamides is 1. The number of nitrogens with one attached hydrogen (secondary N) is 2. The molecule has 10 nitrogen and oxygen atoms in total. The number of benzene rings is 1. The summed E-state index contributed by atoms with van der Waals surface area (Å²) in [5.41, 5.74) is 4.08. The van der Waals surface area contributed by atoms with E-state index in [4.69, 9.17) is 4.55 Å². The molecule has 0 unspecified atom stereocenters. The SMILES string of the molecule is CCN(CCNS(C)(=O)=O)c1ccc(NOS(=O)(=O)O)c(C)c1.O. The van der Waals surface area contributed by atoms with Crippen LogP contribution in [0.4, 0.5) is 11.4 Å². The van der Waals surface area contributed by atoms with Crippen LogP contribution < -0.4 is 15.1 Å². The number of rotatable bonds is 9. The van der Waals surface area contributed by atoms with E-state index in [0.29, 0.717) is 24.3 Å². The zero-order valence-electron chi connectivity index (χ0n) is 13.6. The fraction of sp³-hybridized carbons (Fsp3) is 0.500. The lowest BCUT2D eigenvalue weighted by Gasteiger charge is -2.24. The molecule has 0 aliphatic rings. The second-order valence-corrected chi connectivity index (χ2v) is 7.71. The van der Waals surface area contributed by atoms with Gasteiger partial charge in [-0.25, -0.2) is 18.6 Å². The maximum atomic E-state index is 11.1. The molecule has 1 aromatic carbocycles. The van der Waals surface area contributed by atoms with Crippen molar-refractivity contribution in [3.8, 4) is 0 Å². The highest BCUT2D eigenvalue weighted by atomic mass is 32.3. The fourth-order valence-electron chi connectivity index (χ4n) is 1.89. The van der Waals surface area contributed by atoms with Crippen molar-refractivity contribution in [2.75, 3.05) is 36.3 Å². The Labute approximate surface area is 142 Å². The molecule has 0 aliphatic carbocycles. The summed E-state index contributed by atoms with van der Waals surface area (Å²) in [5.74, 6) is 0. The van der Waals surface area contributed by atoms with Gasteiger partial charge in [-0.3, -0.25) is 4.55 Å². The van der Waals surface area contributed by atoms with Crippen LogP contribution in [-0.2, 0) is 24.7 Å². The molecule has 0 aliphatic heterocycles. The van der Waals surface area contributed by atoms with Crippen molar-refractivity contribution in [2.24, 2.45) is 0 Å². The number of hydrogen-bond donors (Lipinski definition) is 3. The molecule has 1 rings (SSSR count). The van der Waals surface area contributed by atoms with Gasteiger partial charge in [0.25, 0.3) is 0 Å². The van der Waals surface area contributed by atoms with E-state index in [1.54, 1.807) is 25.1 Å². The second-order valence-electron chi connectivity index (χ2n) is 4.86. The Bertz CT molecular complexity index is 735. The van der Waals surface area contributed by atoms with Gasteiger partial charge in [-0.15, -0.1) is 4.28 Å². The molecular formula is C12H23N3O7S2. The minimum Gasteiger partial charge on any atom is -0.412 e. The molecule has 12 heteroatoms. The van der Waals surface area contributed by atoms with E-state index < -0.39 is 20.4 Å². The van der Waals surface area contributed by atoms with Crippen molar-refractivity contribution in [3.63, 3.8) is 0 Å². The summed E-state index contributed by atoms with van der Waals surface area (Å²) in [6.07, 6.45) is 1.10. The van der Waals surface area contributed by atoms with E-state index >= 15 is 0 Å². The van der Waals surface area contributed by atoms with Gasteiger partial charge in [0.1, 0.15) is 0 Å². The second kappa shape index (κ2) is 9.15. The normalized spacial score (nSPS) is 11.7. The van der Waals surface area contributed by atoms with Crippen LogP contribution in [0.3, 0.4) is 0 Å². The first-order valence-corrected chi connectivity index (χ1v) is 9.99. The van der Waals surface area contributed by atoms with Crippen LogP contribution in [0.2, 0.25) is 0 Å². The maximum absolute atomic E-state index is 11.1. The number of nitrogens with zero attached hydrogens (tertiary/aromatic N) is 1. The summed E-state index contributed by atoms with van der Waals surface area (Å²) in [6.45, 7) is 5.10. The lowest BCUT2D eigenvalue weighted by Crippen LogP contribution is -2.34. The maximum Gasteiger partial charge on any atom is 0.418 e. The van der Waals surface area contributed by atoms with E-state index in [9.17, 15) is 16.8 Å². The quantitative estimate of drug-likeness (QED) is 0.386. The molecular weight excluding hydrogens is 362 g/mol. The van der Waals surface area contributed by atoms with Crippen molar-refractivity contribution in [2.45, 2.75) is 13.8 Å². The minimum atomic E-state index is -4.58. The van der Waals surface area contributed by atoms with Gasteiger partial charge in [-0.1, -0.05) is 0 Å². The molecule has 0 bridgehead atoms. The Balaban J connectivity index is 0.00000529. The molecule has 0 fully saturated rings. The van der Waals surface area contributed by atoms with Gasteiger partial charge in [0.15, 0.2) is 0 Å². The first-order chi connectivity index (χ1) is 10.5. The van der Waals surface area contributed by atoms with Crippen LogP contribution in [0.1, 0.15) is 12.5 Å². The van der Waals surface area contributed by atoms with Crippen LogP contribution in [-0.4, -0.2) is 52.8 Å². The van der Waals surface area contributed by atoms with Gasteiger partial charge in [-0.2, -0.15) is 8.42 Å². The third-order valence-corrected chi connectivity index (χ3v) is 3.98. The number of likely N-dealkylation sites (N-methyl/N-ethyl adjacent to an activating group) is 1. The van der Waals surface area contributed by atoms with E-state index in [2.05, 4.69) is 14.5 Å². The zero-order valence-corrected chi connectivity index (χ0v) is 15.2. The van der Waals surface area contributed by atoms with E-state index in [0.717, 1.165) is 11.9 Å². The molecule has 0 amide bonds. The van der Waals surface area contributed by atoms with Crippen molar-refractivity contribution < 1.29 is 31.1 Å². The van der Waals surface area contributed by atoms with Crippen LogP contribution in [0.25, 0.3) is 0 Å². The summed E-state index contributed by atoms with van der Waals surface area (Å²) in [7, 11) is -7.81. The predicted molar refractivity (Wildman–Crippen MR) is 91.8 cm³/mol. The van der Waals surface area contributed by atoms with Crippen LogP contribution >= 0.6 is 0 Å². The molecule has 0 atom stereocenters. The number of aryl methyl sites for hydroxylation is 1. The molecule has 0 radical (unpaired) electrons. The Morgan fingerprint density at radius 1 is 1.25 bits per heavy atom. The Hall–Kier alpha value is -1.44. The van der Waals surface area contributed by atoms with E-state index in [-0.39, 0.29) is 12.0 Å². The predicted octanol–water partition coefficient (Wildman–Crippen LogP) is -0.308. The van der Waals surface area contributed by atoms with Crippen molar-refractivity contribution >= 4 is 31.8 Å². The van der Waals surface area contributed by atoms with Crippen molar-refractivity contribution in [3.05, 3.63) is 23.8 Å². The van der Waals surface area contributed by atoms with Gasteiger partial charge < -0.3 is 10.4 Å². The molecule has 0 saturated carbocycles. The van der Waals surface area contributed by atoms with E-state index in [1.165, 1.54) is 0 Å². The highest BCUT2D eigenvalue weighted by molar-refractivity contribution is 7.88. The van der Waals surface area contributed by atoms with Crippen LogP contribution in [0.15, 0.2) is 18.2 Å². The third kappa shape index (κ3) is 8.42. The molecule has 1 aromatic rings. The van der Waals surface area contributed by atoms with Crippen molar-refractivity contribution in [1.82, 2.24) is 4.72 Å². The average Bonchev–Trinajstić information content (AvgIpc) is 2.40. The summed E-state index contributed by atoms with van der Waals surface area (Å²) >= 11 is 0. The van der Waals surface area contributed by atoms with Gasteiger partial charge in [0.05, 0.1) is 11.9 Å². The Morgan fingerprint density at radius 3 is 2.33 bits per heavy atom. The lowest BCUT2D eigenvalue weighted by atomic mass is 10.1. The topological polar surface area (TPSA) is 157 Å². The Kier molecular flexibility index (Phi) is 8.60. The summed E-state index contributed by atoms with van der Waals surface area (Å²) in [4.78, 5) is 1.96.